The van der Waals surface area contributed by atoms with E-state index in [0.717, 1.165) is 0 Å². The molecule has 1 heteroatoms. The summed E-state index contributed by atoms with van der Waals surface area (Å²) in [4.78, 5) is 4.47. The van der Waals surface area contributed by atoms with Gasteiger partial charge >= 0.3 is 0 Å². The van der Waals surface area contributed by atoms with Crippen LogP contribution in [0.3, 0.4) is 0 Å². The predicted octanol–water partition coefficient (Wildman–Crippen LogP) is 3.94. The monoisotopic (exact) mass is 191 g/mol. The number of aromatic nitrogens is 1. The normalized spacial score (nSPS) is 15.1. The molecule has 0 aliphatic carbocycles. The van der Waals surface area contributed by atoms with Crippen molar-refractivity contribution in [2.45, 2.75) is 51.9 Å². The molecular formula is C13H21N. The van der Waals surface area contributed by atoms with Gasteiger partial charge in [-0.25, -0.2) is 0 Å². The summed E-state index contributed by atoms with van der Waals surface area (Å²) in [5.41, 5.74) is 1.52. The lowest BCUT2D eigenvalue weighted by Gasteiger charge is -2.27. The minimum Gasteiger partial charge on any atom is -0.261 e. The van der Waals surface area contributed by atoms with E-state index < -0.39 is 0 Å². The van der Waals surface area contributed by atoms with E-state index in [9.17, 15) is 0 Å². The van der Waals surface area contributed by atoms with Gasteiger partial charge in [0, 0.05) is 17.3 Å². The highest BCUT2D eigenvalue weighted by Gasteiger charge is 2.24. The second-order valence-corrected chi connectivity index (χ2v) is 4.23. The van der Waals surface area contributed by atoms with E-state index in [-0.39, 0.29) is 5.41 Å². The Morgan fingerprint density at radius 1 is 1.29 bits per heavy atom. The molecule has 1 rings (SSSR count). The molecule has 14 heavy (non-hydrogen) atoms. The first-order valence-corrected chi connectivity index (χ1v) is 5.64. The van der Waals surface area contributed by atoms with Gasteiger partial charge in [-0.15, -0.1) is 0 Å². The second kappa shape index (κ2) is 5.14. The standard InChI is InChI=1S/C13H21N/c1-4-6-10-13(3,5-2)12-9-7-8-11-14-12/h7-9,11H,4-6,10H2,1-3H3. The summed E-state index contributed by atoms with van der Waals surface area (Å²) >= 11 is 0. The van der Waals surface area contributed by atoms with Crippen LogP contribution in [0.4, 0.5) is 0 Å². The maximum Gasteiger partial charge on any atom is 0.0462 e. The van der Waals surface area contributed by atoms with Crippen LogP contribution in [0.15, 0.2) is 24.4 Å². The summed E-state index contributed by atoms with van der Waals surface area (Å²) in [5, 5.41) is 0. The van der Waals surface area contributed by atoms with Gasteiger partial charge in [-0.05, 0) is 25.0 Å². The van der Waals surface area contributed by atoms with E-state index in [4.69, 9.17) is 0 Å². The average molecular weight is 191 g/mol. The Hall–Kier alpha value is -0.850. The highest BCUT2D eigenvalue weighted by molar-refractivity contribution is 5.15. The molecule has 78 valence electrons. The third-order valence-corrected chi connectivity index (χ3v) is 3.15. The van der Waals surface area contributed by atoms with Crippen LogP contribution in [0.2, 0.25) is 0 Å². The third-order valence-electron chi connectivity index (χ3n) is 3.15. The Morgan fingerprint density at radius 2 is 2.07 bits per heavy atom. The number of rotatable bonds is 5. The van der Waals surface area contributed by atoms with E-state index in [0.29, 0.717) is 0 Å². The average Bonchev–Trinajstić information content (AvgIpc) is 2.27. The molecule has 0 bridgehead atoms. The summed E-state index contributed by atoms with van der Waals surface area (Å²) in [6, 6.07) is 6.22. The van der Waals surface area contributed by atoms with Crippen LogP contribution >= 0.6 is 0 Å². The summed E-state index contributed by atoms with van der Waals surface area (Å²) in [6.45, 7) is 6.82. The number of hydrogen-bond acceptors (Lipinski definition) is 1. The lowest BCUT2D eigenvalue weighted by Crippen LogP contribution is -2.22. The zero-order chi connectivity index (χ0) is 10.4. The highest BCUT2D eigenvalue weighted by atomic mass is 14.7. The van der Waals surface area contributed by atoms with E-state index in [1.165, 1.54) is 31.4 Å². The van der Waals surface area contributed by atoms with Gasteiger partial charge in [-0.3, -0.25) is 4.98 Å². The molecule has 0 saturated carbocycles. The van der Waals surface area contributed by atoms with Gasteiger partial charge < -0.3 is 0 Å². The summed E-state index contributed by atoms with van der Waals surface area (Å²) < 4.78 is 0. The number of hydrogen-bond donors (Lipinski definition) is 0. The minimum atomic E-state index is 0.275. The van der Waals surface area contributed by atoms with Crippen LogP contribution < -0.4 is 0 Å². The molecule has 0 saturated heterocycles. The van der Waals surface area contributed by atoms with E-state index in [1.54, 1.807) is 0 Å². The van der Waals surface area contributed by atoms with E-state index in [2.05, 4.69) is 37.9 Å². The minimum absolute atomic E-state index is 0.275. The highest BCUT2D eigenvalue weighted by Crippen LogP contribution is 2.31. The first-order valence-electron chi connectivity index (χ1n) is 5.64. The van der Waals surface area contributed by atoms with Gasteiger partial charge in [0.1, 0.15) is 0 Å². The van der Waals surface area contributed by atoms with Crippen molar-refractivity contribution >= 4 is 0 Å². The molecule has 0 amide bonds. The molecule has 0 aliphatic rings. The molecule has 1 heterocycles. The fourth-order valence-corrected chi connectivity index (χ4v) is 1.77. The van der Waals surface area contributed by atoms with Gasteiger partial charge in [0.15, 0.2) is 0 Å². The maximum absolute atomic E-state index is 4.47. The van der Waals surface area contributed by atoms with Crippen LogP contribution in [0.25, 0.3) is 0 Å². The molecule has 1 aromatic heterocycles. The third kappa shape index (κ3) is 2.57. The van der Waals surface area contributed by atoms with Crippen molar-refractivity contribution in [2.75, 3.05) is 0 Å². The maximum atomic E-state index is 4.47. The topological polar surface area (TPSA) is 12.9 Å². The Kier molecular flexibility index (Phi) is 4.12. The molecule has 1 aromatic rings. The summed E-state index contributed by atoms with van der Waals surface area (Å²) in [6.07, 6.45) is 6.87. The van der Waals surface area contributed by atoms with Crippen molar-refractivity contribution in [3.8, 4) is 0 Å². The SMILES string of the molecule is CCCCC(C)(CC)c1ccccn1. The molecule has 0 spiro atoms. The van der Waals surface area contributed by atoms with Gasteiger partial charge in [0.2, 0.25) is 0 Å². The van der Waals surface area contributed by atoms with Gasteiger partial charge in [0.25, 0.3) is 0 Å². The van der Waals surface area contributed by atoms with Crippen molar-refractivity contribution in [1.29, 1.82) is 0 Å². The molecule has 0 aliphatic heterocycles. The molecule has 0 fully saturated rings. The Morgan fingerprint density at radius 3 is 2.57 bits per heavy atom. The largest absolute Gasteiger partial charge is 0.261 e. The van der Waals surface area contributed by atoms with E-state index in [1.807, 2.05) is 12.3 Å². The summed E-state index contributed by atoms with van der Waals surface area (Å²) in [5.74, 6) is 0. The lowest BCUT2D eigenvalue weighted by atomic mass is 9.79. The van der Waals surface area contributed by atoms with E-state index >= 15 is 0 Å². The van der Waals surface area contributed by atoms with Crippen LogP contribution in [0.1, 0.15) is 52.1 Å². The van der Waals surface area contributed by atoms with Gasteiger partial charge in [-0.2, -0.15) is 0 Å². The first-order chi connectivity index (χ1) is 6.73. The van der Waals surface area contributed by atoms with Gasteiger partial charge in [0.05, 0.1) is 0 Å². The van der Waals surface area contributed by atoms with Crippen LogP contribution in [0.5, 0.6) is 0 Å². The summed E-state index contributed by atoms with van der Waals surface area (Å²) in [7, 11) is 0. The number of nitrogens with zero attached hydrogens (tertiary/aromatic N) is 1. The smallest absolute Gasteiger partial charge is 0.0462 e. The molecule has 1 atom stereocenters. The quantitative estimate of drug-likeness (QED) is 0.687. The molecule has 1 nitrogen and oxygen atoms in total. The van der Waals surface area contributed by atoms with Gasteiger partial charge in [-0.1, -0.05) is 39.7 Å². The first kappa shape index (κ1) is 11.2. The van der Waals surface area contributed by atoms with Crippen LogP contribution in [-0.4, -0.2) is 4.98 Å². The molecule has 0 aromatic carbocycles. The lowest BCUT2D eigenvalue weighted by molar-refractivity contribution is 0.392. The molecule has 1 unspecified atom stereocenters. The fourth-order valence-electron chi connectivity index (χ4n) is 1.77. The number of pyridine rings is 1. The second-order valence-electron chi connectivity index (χ2n) is 4.23. The zero-order valence-electron chi connectivity index (χ0n) is 9.59. The van der Waals surface area contributed by atoms with Crippen LogP contribution in [0, 0.1) is 0 Å². The van der Waals surface area contributed by atoms with Crippen molar-refractivity contribution < 1.29 is 0 Å². The zero-order valence-corrected chi connectivity index (χ0v) is 9.59. The van der Waals surface area contributed by atoms with Crippen molar-refractivity contribution in [2.24, 2.45) is 0 Å². The predicted molar refractivity (Wildman–Crippen MR) is 61.4 cm³/mol. The van der Waals surface area contributed by atoms with Crippen molar-refractivity contribution in [3.05, 3.63) is 30.1 Å². The Labute approximate surface area is 87.6 Å². The number of unbranched alkanes of at least 4 members (excludes halogenated alkanes) is 1. The molecule has 0 radical (unpaired) electrons. The fraction of sp³-hybridized carbons (Fsp3) is 0.615. The Bertz CT molecular complexity index is 255. The molecule has 0 N–H and O–H groups in total. The van der Waals surface area contributed by atoms with Crippen molar-refractivity contribution in [3.63, 3.8) is 0 Å². The molecular weight excluding hydrogens is 170 g/mol. The Balaban J connectivity index is 2.79. The van der Waals surface area contributed by atoms with Crippen molar-refractivity contribution in [1.82, 2.24) is 4.98 Å². The van der Waals surface area contributed by atoms with Crippen LogP contribution in [-0.2, 0) is 5.41 Å².